The molecule has 0 aliphatic rings. The highest BCUT2D eigenvalue weighted by atomic mass is 35.5. The normalized spacial score (nSPS) is 13.1. The van der Waals surface area contributed by atoms with Crippen molar-refractivity contribution in [3.05, 3.63) is 41.3 Å². The van der Waals surface area contributed by atoms with Crippen LogP contribution in [0.3, 0.4) is 0 Å². The van der Waals surface area contributed by atoms with E-state index in [2.05, 4.69) is 20.6 Å². The van der Waals surface area contributed by atoms with Gasteiger partial charge in [0.05, 0.1) is 17.7 Å². The molecule has 0 radical (unpaired) electrons. The molecule has 36 heavy (non-hydrogen) atoms. The summed E-state index contributed by atoms with van der Waals surface area (Å²) in [6.07, 6.45) is -1.72. The maximum Gasteiger partial charge on any atom is 0.408 e. The zero-order chi connectivity index (χ0) is 26.8. The van der Waals surface area contributed by atoms with E-state index in [1.54, 1.807) is 20.8 Å². The quantitative estimate of drug-likeness (QED) is 0.223. The first kappa shape index (κ1) is 27.4. The zero-order valence-electron chi connectivity index (χ0n) is 19.9. The van der Waals surface area contributed by atoms with E-state index in [4.69, 9.17) is 16.3 Å². The van der Waals surface area contributed by atoms with Crippen LogP contribution in [0.2, 0.25) is 5.15 Å². The molecule has 0 aliphatic heterocycles. The number of ether oxygens (including phenoxy) is 1. The van der Waals surface area contributed by atoms with Gasteiger partial charge in [0.15, 0.2) is 0 Å². The monoisotopic (exact) mass is 533 g/mol. The molecule has 0 bridgehead atoms. The van der Waals surface area contributed by atoms with Gasteiger partial charge in [-0.3, -0.25) is 9.20 Å². The summed E-state index contributed by atoms with van der Waals surface area (Å²) in [6.45, 7) is 6.52. The predicted molar refractivity (Wildman–Crippen MR) is 125 cm³/mol. The minimum absolute atomic E-state index is 0.0556. The maximum atomic E-state index is 15.1. The highest BCUT2D eigenvalue weighted by molar-refractivity contribution is 6.33. The van der Waals surface area contributed by atoms with E-state index < -0.39 is 45.5 Å². The molecular weight excluding hydrogens is 509 g/mol. The smallest absolute Gasteiger partial charge is 0.408 e. The van der Waals surface area contributed by atoms with Crippen LogP contribution in [-0.4, -0.2) is 45.6 Å². The van der Waals surface area contributed by atoms with Crippen LogP contribution in [0.1, 0.15) is 34.1 Å². The molecule has 3 aromatic rings. The Kier molecular flexibility index (Phi) is 7.97. The molecule has 1 amide bonds. The lowest BCUT2D eigenvalue weighted by Crippen LogP contribution is -2.35. The lowest BCUT2D eigenvalue weighted by molar-refractivity contribution is -0.138. The van der Waals surface area contributed by atoms with E-state index in [-0.39, 0.29) is 29.9 Å². The van der Waals surface area contributed by atoms with Crippen molar-refractivity contribution >= 4 is 29.1 Å². The number of halogens is 6. The number of hydrogen-bond acceptors (Lipinski definition) is 5. The maximum absolute atomic E-state index is 15.1. The van der Waals surface area contributed by atoms with Crippen LogP contribution < -0.4 is 15.4 Å². The van der Waals surface area contributed by atoms with Crippen LogP contribution in [0, 0.1) is 17.0 Å². The number of nitrogens with zero attached hydrogens (tertiary/aromatic N) is 3. The molecule has 2 heterocycles. The van der Waals surface area contributed by atoms with Gasteiger partial charge < -0.3 is 15.4 Å². The van der Waals surface area contributed by atoms with Gasteiger partial charge >= 0.3 is 6.18 Å². The Labute approximate surface area is 209 Å². The number of carbonyl (C=O) groups is 1. The number of imidazole rings is 1. The molecule has 0 unspecified atom stereocenters. The molecule has 0 spiro atoms. The van der Waals surface area contributed by atoms with Crippen LogP contribution in [0.15, 0.2) is 24.5 Å². The van der Waals surface area contributed by atoms with Crippen LogP contribution >= 0.6 is 11.6 Å². The van der Waals surface area contributed by atoms with Gasteiger partial charge in [-0.2, -0.15) is 18.2 Å². The molecule has 0 aliphatic carbocycles. The van der Waals surface area contributed by atoms with Crippen LogP contribution in [-0.2, 0) is 4.79 Å². The van der Waals surface area contributed by atoms with Crippen molar-refractivity contribution in [3.63, 3.8) is 0 Å². The highest BCUT2D eigenvalue weighted by Gasteiger charge is 2.37. The van der Waals surface area contributed by atoms with E-state index in [1.165, 1.54) is 12.4 Å². The second kappa shape index (κ2) is 10.5. The number of anilines is 1. The van der Waals surface area contributed by atoms with E-state index in [0.29, 0.717) is 13.0 Å². The van der Waals surface area contributed by atoms with Crippen molar-refractivity contribution in [3.8, 4) is 16.9 Å². The van der Waals surface area contributed by atoms with Crippen molar-refractivity contribution < 1.29 is 31.5 Å². The van der Waals surface area contributed by atoms with Crippen molar-refractivity contribution in [2.45, 2.75) is 46.3 Å². The van der Waals surface area contributed by atoms with E-state index in [1.807, 2.05) is 0 Å². The topological polar surface area (TPSA) is 80.5 Å². The number of nitrogens with one attached hydrogen (secondary N) is 2. The number of benzene rings is 1. The van der Waals surface area contributed by atoms with Gasteiger partial charge in [-0.05, 0) is 13.3 Å². The Morgan fingerprint density at radius 2 is 1.81 bits per heavy atom. The number of fused-ring (bicyclic) bond motifs is 1. The Hall–Kier alpha value is -3.15. The summed E-state index contributed by atoms with van der Waals surface area (Å²) in [4.78, 5) is 19.7. The molecule has 1 atom stereocenters. The predicted octanol–water partition coefficient (Wildman–Crippen LogP) is 5.62. The van der Waals surface area contributed by atoms with Gasteiger partial charge in [-0.15, -0.1) is 0 Å². The van der Waals surface area contributed by atoms with Crippen molar-refractivity contribution in [2.75, 3.05) is 18.5 Å². The average molecular weight is 534 g/mol. The number of aromatic nitrogens is 3. The minimum Gasteiger partial charge on any atom is -0.493 e. The van der Waals surface area contributed by atoms with Crippen LogP contribution in [0.25, 0.3) is 16.9 Å². The average Bonchev–Trinajstić information content (AvgIpc) is 3.21. The molecule has 0 saturated carbocycles. The van der Waals surface area contributed by atoms with Gasteiger partial charge in [0.1, 0.15) is 34.4 Å². The number of carbonyl (C=O) groups excluding carboxylic acids is 1. The fourth-order valence-corrected chi connectivity index (χ4v) is 3.43. The molecular formula is C23H25ClF5N5O2. The number of amides is 1. The number of rotatable bonds is 8. The van der Waals surface area contributed by atoms with Crippen molar-refractivity contribution in [1.82, 2.24) is 19.7 Å². The third-order valence-electron chi connectivity index (χ3n) is 5.17. The van der Waals surface area contributed by atoms with Gasteiger partial charge in [-0.1, -0.05) is 32.4 Å². The molecule has 13 heteroatoms. The molecule has 0 saturated heterocycles. The summed E-state index contributed by atoms with van der Waals surface area (Å²) in [7, 11) is 0. The number of alkyl halides is 3. The third kappa shape index (κ3) is 6.15. The molecule has 1 aromatic carbocycles. The molecule has 196 valence electrons. The van der Waals surface area contributed by atoms with Crippen LogP contribution in [0.5, 0.6) is 5.75 Å². The van der Waals surface area contributed by atoms with E-state index >= 15 is 8.78 Å². The summed E-state index contributed by atoms with van der Waals surface area (Å²) in [5.41, 5.74) is -1.63. The summed E-state index contributed by atoms with van der Waals surface area (Å²) in [5, 5.41) is 4.52. The Morgan fingerprint density at radius 3 is 2.39 bits per heavy atom. The lowest BCUT2D eigenvalue weighted by Gasteiger charge is -2.22. The zero-order valence-corrected chi connectivity index (χ0v) is 20.7. The van der Waals surface area contributed by atoms with E-state index in [9.17, 15) is 18.0 Å². The fraction of sp³-hybridized carbons (Fsp3) is 0.435. The number of hydrogen-bond donors (Lipinski definition) is 2. The standard InChI is InChI=1S/C23H25ClF5N5O2/c1-12(23(27,28)29)32-19-17(18(24)33-21-31-7-8-34(19)21)16-14(25)10-13(11-15(16)26)36-9-5-6-30-20(35)22(2,3)4/h7-8,10-12,32H,5-6,9H2,1-4H3,(H,30,35)/t12-/m1/s1. The first-order valence-electron chi connectivity index (χ1n) is 11.0. The van der Waals surface area contributed by atoms with Gasteiger partial charge in [0.25, 0.3) is 0 Å². The molecule has 2 N–H and O–H groups in total. The second-order valence-corrected chi connectivity index (χ2v) is 9.46. The third-order valence-corrected chi connectivity index (χ3v) is 5.44. The summed E-state index contributed by atoms with van der Waals surface area (Å²) < 4.78 is 76.6. The van der Waals surface area contributed by atoms with Crippen molar-refractivity contribution in [1.29, 1.82) is 0 Å². The Morgan fingerprint density at radius 1 is 1.17 bits per heavy atom. The lowest BCUT2D eigenvalue weighted by atomic mass is 9.96. The Balaban J connectivity index is 1.87. The van der Waals surface area contributed by atoms with Gasteiger partial charge in [-0.25, -0.2) is 13.8 Å². The highest BCUT2D eigenvalue weighted by Crippen LogP contribution is 2.40. The van der Waals surface area contributed by atoms with E-state index in [0.717, 1.165) is 23.5 Å². The minimum atomic E-state index is -4.65. The van der Waals surface area contributed by atoms with Crippen LogP contribution in [0.4, 0.5) is 27.8 Å². The summed E-state index contributed by atoms with van der Waals surface area (Å²) in [5.74, 6) is -2.89. The SMILES string of the molecule is C[C@@H](Nc1c(-c2c(F)cc(OCCCNC(=O)C(C)(C)C)cc2F)c(Cl)nc2nccn12)C(F)(F)F. The molecule has 7 nitrogen and oxygen atoms in total. The largest absolute Gasteiger partial charge is 0.493 e. The molecule has 3 rings (SSSR count). The summed E-state index contributed by atoms with van der Waals surface area (Å²) in [6, 6.07) is -0.275. The fourth-order valence-electron chi connectivity index (χ4n) is 3.17. The van der Waals surface area contributed by atoms with Gasteiger partial charge in [0.2, 0.25) is 11.7 Å². The van der Waals surface area contributed by atoms with Crippen molar-refractivity contribution in [2.24, 2.45) is 5.41 Å². The molecule has 2 aromatic heterocycles. The second-order valence-electron chi connectivity index (χ2n) is 9.10. The first-order chi connectivity index (χ1) is 16.7. The Bertz CT molecular complexity index is 1230. The molecule has 0 fully saturated rings. The first-order valence-corrected chi connectivity index (χ1v) is 11.3. The van der Waals surface area contributed by atoms with Gasteiger partial charge in [0, 0.05) is 36.5 Å². The summed E-state index contributed by atoms with van der Waals surface area (Å²) >= 11 is 6.17.